The summed E-state index contributed by atoms with van der Waals surface area (Å²) >= 11 is 0.848. The molecule has 1 aliphatic heterocycles. The van der Waals surface area contributed by atoms with Crippen molar-refractivity contribution in [2.24, 2.45) is 0 Å². The first-order valence-corrected chi connectivity index (χ1v) is 10.7. The summed E-state index contributed by atoms with van der Waals surface area (Å²) in [6.45, 7) is -0.221. The lowest BCUT2D eigenvalue weighted by Gasteiger charge is -2.18. The second kappa shape index (κ2) is 10.8. The zero-order chi connectivity index (χ0) is 22.2. The smallest absolute Gasteiger partial charge is 0.293 e. The maximum atomic E-state index is 12.6. The van der Waals surface area contributed by atoms with Crippen LogP contribution >= 0.6 is 11.8 Å². The molecule has 1 fully saturated rings. The number of carbonyl (C=O) groups is 3. The lowest BCUT2D eigenvalue weighted by Crippen LogP contribution is -2.41. The minimum atomic E-state index is -0.433. The third-order valence-electron chi connectivity index (χ3n) is 4.74. The van der Waals surface area contributed by atoms with Gasteiger partial charge in [-0.1, -0.05) is 42.5 Å². The summed E-state index contributed by atoms with van der Waals surface area (Å²) in [6, 6.07) is 16.3. The molecule has 31 heavy (non-hydrogen) atoms. The van der Waals surface area contributed by atoms with Crippen molar-refractivity contribution in [3.05, 3.63) is 70.6 Å². The molecule has 0 spiro atoms. The Morgan fingerprint density at radius 2 is 1.97 bits per heavy atom. The first-order valence-electron chi connectivity index (χ1n) is 9.83. The molecule has 0 bridgehead atoms. The molecule has 2 aromatic rings. The Morgan fingerprint density at radius 3 is 2.68 bits per heavy atom. The van der Waals surface area contributed by atoms with Gasteiger partial charge in [0.05, 0.1) is 24.7 Å². The molecule has 0 saturated carbocycles. The molecular formula is C23H24N2O5S. The topological polar surface area (TPSA) is 95.9 Å². The maximum Gasteiger partial charge on any atom is 0.293 e. The predicted octanol–water partition coefficient (Wildman–Crippen LogP) is 2.84. The molecule has 8 heteroatoms. The number of thioether (sulfide) groups is 1. The van der Waals surface area contributed by atoms with E-state index in [1.54, 1.807) is 31.4 Å². The maximum absolute atomic E-state index is 12.6. The molecule has 3 amide bonds. The van der Waals surface area contributed by atoms with Gasteiger partial charge in [0.1, 0.15) is 5.75 Å². The monoisotopic (exact) mass is 440 g/mol. The summed E-state index contributed by atoms with van der Waals surface area (Å²) in [5.74, 6) is -0.0991. The second-order valence-electron chi connectivity index (χ2n) is 7.00. The van der Waals surface area contributed by atoms with Crippen LogP contribution in [0.2, 0.25) is 0 Å². The second-order valence-corrected chi connectivity index (χ2v) is 7.99. The highest BCUT2D eigenvalue weighted by molar-refractivity contribution is 8.18. The molecule has 1 saturated heterocycles. The van der Waals surface area contributed by atoms with Crippen molar-refractivity contribution >= 4 is 34.9 Å². The summed E-state index contributed by atoms with van der Waals surface area (Å²) in [5.41, 5.74) is 1.74. The van der Waals surface area contributed by atoms with Crippen LogP contribution in [0.15, 0.2) is 59.5 Å². The van der Waals surface area contributed by atoms with Crippen molar-refractivity contribution in [3.8, 4) is 5.75 Å². The van der Waals surface area contributed by atoms with Crippen molar-refractivity contribution in [1.82, 2.24) is 10.2 Å². The van der Waals surface area contributed by atoms with Crippen LogP contribution in [-0.2, 0) is 16.0 Å². The number of imide groups is 1. The number of aliphatic hydroxyl groups is 1. The van der Waals surface area contributed by atoms with Crippen LogP contribution in [0.3, 0.4) is 0 Å². The Labute approximate surface area is 185 Å². The number of benzene rings is 2. The summed E-state index contributed by atoms with van der Waals surface area (Å²) in [6.07, 6.45) is 2.10. The number of hydrogen-bond acceptors (Lipinski definition) is 6. The van der Waals surface area contributed by atoms with Crippen molar-refractivity contribution in [2.75, 3.05) is 20.3 Å². The van der Waals surface area contributed by atoms with Crippen LogP contribution in [0.4, 0.5) is 4.79 Å². The zero-order valence-electron chi connectivity index (χ0n) is 17.1. The first kappa shape index (κ1) is 22.6. The molecule has 1 atom stereocenters. The number of hydrogen-bond donors (Lipinski definition) is 2. The van der Waals surface area contributed by atoms with Gasteiger partial charge >= 0.3 is 0 Å². The summed E-state index contributed by atoms with van der Waals surface area (Å²) in [5, 5.41) is 11.9. The molecule has 3 rings (SSSR count). The summed E-state index contributed by atoms with van der Waals surface area (Å²) in [7, 11) is 1.55. The van der Waals surface area contributed by atoms with Gasteiger partial charge in [-0.3, -0.25) is 19.3 Å². The molecule has 2 N–H and O–H groups in total. The number of methoxy groups -OCH3 is 1. The fourth-order valence-corrected chi connectivity index (χ4v) is 4.01. The van der Waals surface area contributed by atoms with Gasteiger partial charge in [-0.25, -0.2) is 0 Å². The predicted molar refractivity (Wildman–Crippen MR) is 119 cm³/mol. The largest absolute Gasteiger partial charge is 0.497 e. The third-order valence-corrected chi connectivity index (χ3v) is 5.65. The number of ether oxygens (including phenoxy) is 1. The zero-order valence-corrected chi connectivity index (χ0v) is 17.9. The normalized spacial score (nSPS) is 15.9. The highest BCUT2D eigenvalue weighted by Gasteiger charge is 2.35. The van der Waals surface area contributed by atoms with Gasteiger partial charge in [-0.2, -0.15) is 0 Å². The van der Waals surface area contributed by atoms with E-state index in [-0.39, 0.29) is 25.5 Å². The minimum absolute atomic E-state index is 0.0184. The highest BCUT2D eigenvalue weighted by Crippen LogP contribution is 2.32. The lowest BCUT2D eigenvalue weighted by atomic mass is 10.1. The standard InChI is InChI=1S/C23H24N2O5S/c1-30-19-9-5-8-17(13-19)14-20-22(28)25(23(29)31-20)11-10-21(27)24-18(15-26)12-16-6-3-2-4-7-16/h2-9,13-14,18,26H,10-12,15H2,1H3,(H,24,27)/b20-14-. The molecule has 0 aliphatic carbocycles. The van der Waals surface area contributed by atoms with Crippen molar-refractivity contribution in [3.63, 3.8) is 0 Å². The van der Waals surface area contributed by atoms with E-state index >= 15 is 0 Å². The van der Waals surface area contributed by atoms with Gasteiger partial charge in [-0.15, -0.1) is 0 Å². The Morgan fingerprint density at radius 1 is 1.19 bits per heavy atom. The van der Waals surface area contributed by atoms with Crippen LogP contribution in [0.1, 0.15) is 17.5 Å². The SMILES string of the molecule is COc1cccc(/C=C2\SC(=O)N(CCC(=O)NC(CO)Cc3ccccc3)C2=O)c1. The number of rotatable bonds is 9. The van der Waals surface area contributed by atoms with Gasteiger partial charge in [-0.05, 0) is 47.5 Å². The Bertz CT molecular complexity index is 977. The number of carbonyl (C=O) groups excluding carboxylic acids is 3. The number of amides is 3. The van der Waals surface area contributed by atoms with Gasteiger partial charge in [0.25, 0.3) is 11.1 Å². The van der Waals surface area contributed by atoms with Crippen molar-refractivity contribution < 1.29 is 24.2 Å². The molecule has 0 radical (unpaired) electrons. The van der Waals surface area contributed by atoms with Crippen molar-refractivity contribution in [2.45, 2.75) is 18.9 Å². The quantitative estimate of drug-likeness (QED) is 0.582. The van der Waals surface area contributed by atoms with Gasteiger partial charge in [0, 0.05) is 13.0 Å². The fourth-order valence-electron chi connectivity index (χ4n) is 3.15. The van der Waals surface area contributed by atoms with E-state index in [0.29, 0.717) is 17.1 Å². The summed E-state index contributed by atoms with van der Waals surface area (Å²) < 4.78 is 5.17. The van der Waals surface area contributed by atoms with Crippen LogP contribution < -0.4 is 10.1 Å². The van der Waals surface area contributed by atoms with E-state index in [1.807, 2.05) is 36.4 Å². The van der Waals surface area contributed by atoms with Gasteiger partial charge in [0.2, 0.25) is 5.91 Å². The Kier molecular flexibility index (Phi) is 7.86. The average molecular weight is 441 g/mol. The Hall–Kier alpha value is -3.10. The lowest BCUT2D eigenvalue weighted by molar-refractivity contribution is -0.124. The number of aliphatic hydroxyl groups excluding tert-OH is 1. The minimum Gasteiger partial charge on any atom is -0.497 e. The van der Waals surface area contributed by atoms with Crippen LogP contribution in [0.25, 0.3) is 6.08 Å². The molecule has 1 heterocycles. The van der Waals surface area contributed by atoms with E-state index in [9.17, 15) is 19.5 Å². The van der Waals surface area contributed by atoms with E-state index in [0.717, 1.165) is 27.8 Å². The first-order chi connectivity index (χ1) is 15.0. The molecule has 1 unspecified atom stereocenters. The van der Waals surface area contributed by atoms with Crippen LogP contribution in [-0.4, -0.2) is 53.4 Å². The van der Waals surface area contributed by atoms with E-state index in [2.05, 4.69) is 5.32 Å². The molecule has 2 aromatic carbocycles. The molecule has 0 aromatic heterocycles. The van der Waals surface area contributed by atoms with Gasteiger partial charge in [0.15, 0.2) is 0 Å². The molecule has 1 aliphatic rings. The average Bonchev–Trinajstić information content (AvgIpc) is 3.04. The highest BCUT2D eigenvalue weighted by atomic mass is 32.2. The summed E-state index contributed by atoms with van der Waals surface area (Å²) in [4.78, 5) is 38.6. The van der Waals surface area contributed by atoms with Crippen LogP contribution in [0.5, 0.6) is 5.75 Å². The van der Waals surface area contributed by atoms with E-state index in [1.165, 1.54) is 0 Å². The van der Waals surface area contributed by atoms with Crippen LogP contribution in [0, 0.1) is 0 Å². The molecular weight excluding hydrogens is 416 g/mol. The molecule has 7 nitrogen and oxygen atoms in total. The Balaban J connectivity index is 1.55. The van der Waals surface area contributed by atoms with Crippen molar-refractivity contribution in [1.29, 1.82) is 0 Å². The number of nitrogens with zero attached hydrogens (tertiary/aromatic N) is 1. The van der Waals surface area contributed by atoms with Gasteiger partial charge < -0.3 is 15.2 Å². The molecule has 162 valence electrons. The third kappa shape index (κ3) is 6.19. The number of nitrogens with one attached hydrogen (secondary N) is 1. The van der Waals surface area contributed by atoms with E-state index in [4.69, 9.17) is 4.74 Å². The van der Waals surface area contributed by atoms with E-state index < -0.39 is 17.2 Å². The fraction of sp³-hybridized carbons (Fsp3) is 0.261.